The Kier molecular flexibility index (Phi) is 3.46. The van der Waals surface area contributed by atoms with Gasteiger partial charge in [-0.05, 0) is 17.0 Å². The zero-order valence-electron chi connectivity index (χ0n) is 12.7. The van der Waals surface area contributed by atoms with Crippen molar-refractivity contribution >= 4 is 22.6 Å². The summed E-state index contributed by atoms with van der Waals surface area (Å²) in [7, 11) is 0. The molecule has 114 valence electrons. The van der Waals surface area contributed by atoms with E-state index >= 15 is 0 Å². The van der Waals surface area contributed by atoms with Gasteiger partial charge in [-0.2, -0.15) is 0 Å². The van der Waals surface area contributed by atoms with Crippen LogP contribution in [0.1, 0.15) is 18.1 Å². The van der Waals surface area contributed by atoms with Crippen molar-refractivity contribution in [2.45, 2.75) is 12.5 Å². The molecule has 1 saturated heterocycles. The second kappa shape index (κ2) is 5.76. The third kappa shape index (κ3) is 2.55. The van der Waals surface area contributed by atoms with Crippen molar-refractivity contribution in [2.24, 2.45) is 0 Å². The van der Waals surface area contributed by atoms with Gasteiger partial charge in [0.1, 0.15) is 6.10 Å². The van der Waals surface area contributed by atoms with Crippen molar-refractivity contribution in [2.75, 3.05) is 11.4 Å². The fraction of sp³-hybridized carbons (Fsp3) is 0.150. The predicted molar refractivity (Wildman–Crippen MR) is 91.6 cm³/mol. The highest BCUT2D eigenvalue weighted by atomic mass is 16.6. The van der Waals surface area contributed by atoms with E-state index in [2.05, 4.69) is 12.1 Å². The number of anilines is 1. The Balaban J connectivity index is 1.63. The van der Waals surface area contributed by atoms with Crippen LogP contribution in [0, 0.1) is 0 Å². The summed E-state index contributed by atoms with van der Waals surface area (Å²) in [5.74, 6) is 0. The largest absolute Gasteiger partial charge is 0.441 e. The molecule has 1 aliphatic rings. The summed E-state index contributed by atoms with van der Waals surface area (Å²) in [5.41, 5.74) is 1.97. The van der Waals surface area contributed by atoms with E-state index in [1.165, 1.54) is 0 Å². The molecule has 0 aliphatic carbocycles. The van der Waals surface area contributed by atoms with Crippen molar-refractivity contribution in [3.63, 3.8) is 0 Å². The summed E-state index contributed by atoms with van der Waals surface area (Å²) in [4.78, 5) is 14.3. The molecule has 0 saturated carbocycles. The van der Waals surface area contributed by atoms with Crippen LogP contribution in [0.2, 0.25) is 0 Å². The summed E-state index contributed by atoms with van der Waals surface area (Å²) in [6.45, 7) is 0.659. The molecule has 0 aromatic heterocycles. The maximum atomic E-state index is 12.5. The van der Waals surface area contributed by atoms with Crippen LogP contribution < -0.4 is 4.90 Å². The zero-order valence-corrected chi connectivity index (χ0v) is 12.7. The van der Waals surface area contributed by atoms with Gasteiger partial charge < -0.3 is 4.74 Å². The number of ether oxygens (including phenoxy) is 1. The van der Waals surface area contributed by atoms with Gasteiger partial charge in [0.15, 0.2) is 0 Å². The molecule has 0 bridgehead atoms. The van der Waals surface area contributed by atoms with Crippen LogP contribution in [0.15, 0.2) is 72.8 Å². The highest BCUT2D eigenvalue weighted by molar-refractivity contribution is 6.01. The Morgan fingerprint density at radius 2 is 1.61 bits per heavy atom. The summed E-state index contributed by atoms with van der Waals surface area (Å²) in [6, 6.07) is 24.0. The monoisotopic (exact) mass is 303 g/mol. The van der Waals surface area contributed by atoms with Crippen molar-refractivity contribution in [1.29, 1.82) is 0 Å². The second-order valence-electron chi connectivity index (χ2n) is 5.72. The van der Waals surface area contributed by atoms with Crippen molar-refractivity contribution in [3.05, 3.63) is 78.4 Å². The summed E-state index contributed by atoms with van der Waals surface area (Å²) in [5, 5.41) is 2.20. The SMILES string of the molecule is O=C1O[C@@H](c2ccccc2)CCN1c1cccc2ccccc12. The quantitative estimate of drug-likeness (QED) is 0.672. The van der Waals surface area contributed by atoms with E-state index in [-0.39, 0.29) is 12.2 Å². The number of nitrogens with zero attached hydrogens (tertiary/aromatic N) is 1. The first-order chi connectivity index (χ1) is 11.3. The van der Waals surface area contributed by atoms with E-state index in [1.54, 1.807) is 4.90 Å². The summed E-state index contributed by atoms with van der Waals surface area (Å²) >= 11 is 0. The zero-order chi connectivity index (χ0) is 15.6. The summed E-state index contributed by atoms with van der Waals surface area (Å²) < 4.78 is 5.68. The fourth-order valence-electron chi connectivity index (χ4n) is 3.15. The first kappa shape index (κ1) is 13.8. The molecule has 3 aromatic carbocycles. The van der Waals surface area contributed by atoms with Crippen LogP contribution in [0.4, 0.5) is 10.5 Å². The number of rotatable bonds is 2. The third-order valence-electron chi connectivity index (χ3n) is 4.31. The van der Waals surface area contributed by atoms with E-state index in [0.717, 1.165) is 28.4 Å². The van der Waals surface area contributed by atoms with E-state index < -0.39 is 0 Å². The number of benzene rings is 3. The highest BCUT2D eigenvalue weighted by Gasteiger charge is 2.29. The minimum atomic E-state index is -0.276. The highest BCUT2D eigenvalue weighted by Crippen LogP contribution is 2.33. The molecule has 0 radical (unpaired) electrons. The molecule has 0 unspecified atom stereocenters. The van der Waals surface area contributed by atoms with Crippen molar-refractivity contribution < 1.29 is 9.53 Å². The van der Waals surface area contributed by atoms with Gasteiger partial charge in [0.2, 0.25) is 0 Å². The number of hydrogen-bond acceptors (Lipinski definition) is 2. The minimum Gasteiger partial charge on any atom is -0.441 e. The lowest BCUT2D eigenvalue weighted by Gasteiger charge is -2.32. The van der Waals surface area contributed by atoms with E-state index in [0.29, 0.717) is 6.54 Å². The van der Waals surface area contributed by atoms with Crippen LogP contribution in [0.3, 0.4) is 0 Å². The van der Waals surface area contributed by atoms with Crippen molar-refractivity contribution in [3.8, 4) is 0 Å². The lowest BCUT2D eigenvalue weighted by atomic mass is 10.0. The molecular formula is C20H17NO2. The van der Waals surface area contributed by atoms with Gasteiger partial charge in [0.05, 0.1) is 5.69 Å². The average Bonchev–Trinajstić information content (AvgIpc) is 2.62. The Morgan fingerprint density at radius 1 is 0.870 bits per heavy atom. The maximum Gasteiger partial charge on any atom is 0.414 e. The lowest BCUT2D eigenvalue weighted by molar-refractivity contribution is 0.0842. The Bertz CT molecular complexity index is 839. The van der Waals surface area contributed by atoms with Gasteiger partial charge in [-0.3, -0.25) is 4.90 Å². The Morgan fingerprint density at radius 3 is 2.43 bits per heavy atom. The Labute approximate surface area is 135 Å². The van der Waals surface area contributed by atoms with Gasteiger partial charge in [0, 0.05) is 18.4 Å². The maximum absolute atomic E-state index is 12.5. The van der Waals surface area contributed by atoms with Gasteiger partial charge in [-0.1, -0.05) is 66.7 Å². The van der Waals surface area contributed by atoms with Gasteiger partial charge in [-0.15, -0.1) is 0 Å². The number of amides is 1. The van der Waals surface area contributed by atoms with Gasteiger partial charge >= 0.3 is 6.09 Å². The number of hydrogen-bond donors (Lipinski definition) is 0. The van der Waals surface area contributed by atoms with Gasteiger partial charge in [-0.25, -0.2) is 4.79 Å². The fourth-order valence-corrected chi connectivity index (χ4v) is 3.15. The molecular weight excluding hydrogens is 286 g/mol. The third-order valence-corrected chi connectivity index (χ3v) is 4.31. The molecule has 1 atom stereocenters. The smallest absolute Gasteiger partial charge is 0.414 e. The summed E-state index contributed by atoms with van der Waals surface area (Å²) in [6.07, 6.45) is 0.357. The number of carbonyl (C=O) groups is 1. The molecule has 1 aliphatic heterocycles. The Hall–Kier alpha value is -2.81. The molecule has 23 heavy (non-hydrogen) atoms. The van der Waals surface area contributed by atoms with Crippen molar-refractivity contribution in [1.82, 2.24) is 0 Å². The molecule has 0 spiro atoms. The van der Waals surface area contributed by atoms with Crippen LogP contribution >= 0.6 is 0 Å². The number of carbonyl (C=O) groups excluding carboxylic acids is 1. The van der Waals surface area contributed by atoms with Crippen LogP contribution in [-0.4, -0.2) is 12.6 Å². The molecule has 0 N–H and O–H groups in total. The molecule has 3 nitrogen and oxygen atoms in total. The minimum absolute atomic E-state index is 0.157. The molecule has 3 aromatic rings. The van der Waals surface area contributed by atoms with Crippen LogP contribution in [-0.2, 0) is 4.74 Å². The molecule has 1 amide bonds. The first-order valence-corrected chi connectivity index (χ1v) is 7.84. The lowest BCUT2D eigenvalue weighted by Crippen LogP contribution is -2.39. The topological polar surface area (TPSA) is 29.5 Å². The number of fused-ring (bicyclic) bond motifs is 1. The normalized spacial score (nSPS) is 18.0. The molecule has 1 heterocycles. The average molecular weight is 303 g/mol. The van der Waals surface area contributed by atoms with Crippen LogP contribution in [0.25, 0.3) is 10.8 Å². The van der Waals surface area contributed by atoms with E-state index in [9.17, 15) is 4.79 Å². The second-order valence-corrected chi connectivity index (χ2v) is 5.72. The van der Waals surface area contributed by atoms with Crippen LogP contribution in [0.5, 0.6) is 0 Å². The molecule has 1 fully saturated rings. The van der Waals surface area contributed by atoms with Gasteiger partial charge in [0.25, 0.3) is 0 Å². The predicted octanol–water partition coefficient (Wildman–Crippen LogP) is 4.93. The number of cyclic esters (lactones) is 1. The van der Waals surface area contributed by atoms with E-state index in [4.69, 9.17) is 4.74 Å². The van der Waals surface area contributed by atoms with E-state index in [1.807, 2.05) is 60.7 Å². The standard InChI is InChI=1S/C20H17NO2/c22-20-21(14-13-19(23-20)16-8-2-1-3-9-16)18-12-6-10-15-7-4-5-11-17(15)18/h1-12,19H,13-14H2/t19-/m1/s1. The first-order valence-electron chi connectivity index (χ1n) is 7.84. The molecule has 4 rings (SSSR count). The molecule has 3 heteroatoms.